The molecule has 1 aromatic rings. The van der Waals surface area contributed by atoms with Gasteiger partial charge in [0.1, 0.15) is 10.8 Å². The van der Waals surface area contributed by atoms with E-state index >= 15 is 0 Å². The summed E-state index contributed by atoms with van der Waals surface area (Å²) in [6, 6.07) is 0. The van der Waals surface area contributed by atoms with Crippen molar-refractivity contribution in [2.24, 2.45) is 5.34 Å². The van der Waals surface area contributed by atoms with E-state index in [9.17, 15) is 9.70 Å². The Kier molecular flexibility index (Phi) is 2.90. The number of halogens is 2. The van der Waals surface area contributed by atoms with Gasteiger partial charge in [0.25, 0.3) is 0 Å². The van der Waals surface area contributed by atoms with E-state index in [1.54, 1.807) is 0 Å². The fourth-order valence-electron chi connectivity index (χ4n) is 0.670. The standard InChI is InChI=1S/C6H3Cl2NO4/c1-2-3(7)5(10)4(8)6(12-2)13-9-11/h1H3. The third-order valence-electron chi connectivity index (χ3n) is 1.25. The van der Waals surface area contributed by atoms with Crippen molar-refractivity contribution in [3.05, 3.63) is 30.9 Å². The van der Waals surface area contributed by atoms with Gasteiger partial charge in [-0.25, -0.2) is 0 Å². The Balaban J connectivity index is 3.40. The van der Waals surface area contributed by atoms with Crippen molar-refractivity contribution < 1.29 is 9.25 Å². The summed E-state index contributed by atoms with van der Waals surface area (Å²) in [7, 11) is 0. The second-order valence-electron chi connectivity index (χ2n) is 2.07. The predicted molar refractivity (Wildman–Crippen MR) is 46.2 cm³/mol. The van der Waals surface area contributed by atoms with Crippen molar-refractivity contribution in [3.63, 3.8) is 0 Å². The van der Waals surface area contributed by atoms with Crippen LogP contribution in [-0.2, 0) is 0 Å². The van der Waals surface area contributed by atoms with Crippen LogP contribution >= 0.6 is 23.2 Å². The van der Waals surface area contributed by atoms with E-state index in [1.807, 2.05) is 0 Å². The van der Waals surface area contributed by atoms with Gasteiger partial charge in [0.2, 0.25) is 5.43 Å². The molecule has 1 heterocycles. The molecule has 0 unspecified atom stereocenters. The van der Waals surface area contributed by atoms with Crippen LogP contribution < -0.4 is 10.3 Å². The van der Waals surface area contributed by atoms with Gasteiger partial charge in [-0.05, 0) is 6.92 Å². The molecule has 0 saturated heterocycles. The zero-order valence-electron chi connectivity index (χ0n) is 6.34. The molecule has 0 amide bonds. The quantitative estimate of drug-likeness (QED) is 0.570. The lowest BCUT2D eigenvalue weighted by molar-refractivity contribution is 0.240. The molecular weight excluding hydrogens is 221 g/mol. The summed E-state index contributed by atoms with van der Waals surface area (Å²) >= 11 is 10.9. The van der Waals surface area contributed by atoms with Gasteiger partial charge in [0, 0.05) is 0 Å². The van der Waals surface area contributed by atoms with Crippen molar-refractivity contribution in [2.45, 2.75) is 6.92 Å². The zero-order valence-corrected chi connectivity index (χ0v) is 7.85. The molecule has 0 spiro atoms. The van der Waals surface area contributed by atoms with Crippen molar-refractivity contribution in [3.8, 4) is 5.95 Å². The summed E-state index contributed by atoms with van der Waals surface area (Å²) in [6.45, 7) is 1.43. The highest BCUT2D eigenvalue weighted by Gasteiger charge is 2.15. The fourth-order valence-corrected chi connectivity index (χ4v) is 1.02. The van der Waals surface area contributed by atoms with Crippen LogP contribution in [0, 0.1) is 11.8 Å². The highest BCUT2D eigenvalue weighted by atomic mass is 35.5. The number of nitrogens with zero attached hydrogens (tertiary/aromatic N) is 1. The number of aryl methyl sites for hydroxylation is 1. The SMILES string of the molecule is Cc1oc(ON=O)c(Cl)c(=O)c1Cl. The first-order valence-electron chi connectivity index (χ1n) is 3.06. The zero-order chi connectivity index (χ0) is 10.0. The van der Waals surface area contributed by atoms with Crippen LogP contribution in [0.2, 0.25) is 10.0 Å². The molecule has 0 atom stereocenters. The minimum atomic E-state index is -0.661. The molecule has 0 fully saturated rings. The van der Waals surface area contributed by atoms with E-state index in [0.717, 1.165) is 0 Å². The van der Waals surface area contributed by atoms with Crippen LogP contribution in [0.25, 0.3) is 0 Å². The molecule has 0 aliphatic heterocycles. The van der Waals surface area contributed by atoms with E-state index in [0.29, 0.717) is 0 Å². The Morgan fingerprint density at radius 2 is 2.00 bits per heavy atom. The monoisotopic (exact) mass is 223 g/mol. The highest BCUT2D eigenvalue weighted by molar-refractivity contribution is 6.35. The molecule has 70 valence electrons. The first kappa shape index (κ1) is 10.0. The summed E-state index contributed by atoms with van der Waals surface area (Å²) in [4.78, 5) is 24.9. The smallest absolute Gasteiger partial charge is 0.341 e. The molecular formula is C6H3Cl2NO4. The Morgan fingerprint density at radius 3 is 2.54 bits per heavy atom. The summed E-state index contributed by atoms with van der Waals surface area (Å²) in [5.74, 6) is -0.349. The molecule has 0 aliphatic rings. The van der Waals surface area contributed by atoms with Gasteiger partial charge < -0.3 is 4.42 Å². The number of hydrogen-bond acceptors (Lipinski definition) is 5. The van der Waals surface area contributed by atoms with E-state index in [4.69, 9.17) is 27.6 Å². The van der Waals surface area contributed by atoms with Crippen LogP contribution in [0.15, 0.2) is 14.6 Å². The largest absolute Gasteiger partial charge is 0.426 e. The molecule has 5 nitrogen and oxygen atoms in total. The lowest BCUT2D eigenvalue weighted by Gasteiger charge is -2.00. The summed E-state index contributed by atoms with van der Waals surface area (Å²) in [5, 5.41) is 1.51. The Bertz CT molecular complexity index is 400. The minimum Gasteiger partial charge on any atom is -0.426 e. The molecule has 13 heavy (non-hydrogen) atoms. The minimum absolute atomic E-state index is 0.106. The normalized spacial score (nSPS) is 9.77. The summed E-state index contributed by atoms with van der Waals surface area (Å²) < 4.78 is 4.78. The van der Waals surface area contributed by atoms with Gasteiger partial charge >= 0.3 is 5.95 Å². The Hall–Kier alpha value is -1.07. The molecule has 0 radical (unpaired) electrons. The first-order chi connectivity index (χ1) is 6.07. The summed E-state index contributed by atoms with van der Waals surface area (Å²) in [5.41, 5.74) is -0.661. The molecule has 0 aliphatic carbocycles. The van der Waals surface area contributed by atoms with Crippen LogP contribution in [0.1, 0.15) is 5.76 Å². The Morgan fingerprint density at radius 1 is 1.38 bits per heavy atom. The van der Waals surface area contributed by atoms with Gasteiger partial charge in [-0.2, -0.15) is 0 Å². The Labute approximate surface area is 82.1 Å². The van der Waals surface area contributed by atoms with Gasteiger partial charge in [0.05, 0.1) is 0 Å². The van der Waals surface area contributed by atoms with Gasteiger partial charge in [-0.3, -0.25) is 9.63 Å². The number of hydrogen-bond donors (Lipinski definition) is 0. The highest BCUT2D eigenvalue weighted by Crippen LogP contribution is 2.25. The lowest BCUT2D eigenvalue weighted by Crippen LogP contribution is -2.05. The third-order valence-corrected chi connectivity index (χ3v) is 2.02. The second kappa shape index (κ2) is 3.76. The second-order valence-corrected chi connectivity index (χ2v) is 2.82. The average Bonchev–Trinajstić information content (AvgIpc) is 2.11. The summed E-state index contributed by atoms with van der Waals surface area (Å²) in [6.07, 6.45) is 0. The van der Waals surface area contributed by atoms with Crippen LogP contribution in [-0.4, -0.2) is 0 Å². The average molecular weight is 224 g/mol. The van der Waals surface area contributed by atoms with Crippen molar-refractivity contribution in [1.29, 1.82) is 0 Å². The molecule has 0 saturated carbocycles. The van der Waals surface area contributed by atoms with E-state index in [2.05, 4.69) is 10.2 Å². The molecule has 1 rings (SSSR count). The van der Waals surface area contributed by atoms with E-state index < -0.39 is 16.4 Å². The molecule has 7 heteroatoms. The van der Waals surface area contributed by atoms with Gasteiger partial charge in [-0.1, -0.05) is 23.2 Å². The van der Waals surface area contributed by atoms with Gasteiger partial charge in [0.15, 0.2) is 10.4 Å². The molecule has 0 N–H and O–H groups in total. The lowest BCUT2D eigenvalue weighted by atomic mass is 10.4. The topological polar surface area (TPSA) is 68.9 Å². The maximum Gasteiger partial charge on any atom is 0.341 e. The third kappa shape index (κ3) is 1.81. The van der Waals surface area contributed by atoms with E-state index in [-0.39, 0.29) is 10.8 Å². The van der Waals surface area contributed by atoms with Gasteiger partial charge in [-0.15, -0.1) is 4.91 Å². The van der Waals surface area contributed by atoms with Crippen molar-refractivity contribution >= 4 is 23.2 Å². The molecule has 0 bridgehead atoms. The van der Waals surface area contributed by atoms with Crippen LogP contribution in [0.3, 0.4) is 0 Å². The predicted octanol–water partition coefficient (Wildman–Crippen LogP) is 2.32. The maximum atomic E-state index is 11.1. The van der Waals surface area contributed by atoms with Crippen LogP contribution in [0.4, 0.5) is 0 Å². The number of rotatable bonds is 2. The first-order valence-corrected chi connectivity index (χ1v) is 3.82. The van der Waals surface area contributed by atoms with Crippen LogP contribution in [0.5, 0.6) is 5.95 Å². The maximum absolute atomic E-state index is 11.1. The van der Waals surface area contributed by atoms with Crippen molar-refractivity contribution in [2.75, 3.05) is 0 Å². The van der Waals surface area contributed by atoms with Crippen molar-refractivity contribution in [1.82, 2.24) is 0 Å². The molecule has 1 aromatic heterocycles. The molecule has 0 aromatic carbocycles. The fraction of sp³-hybridized carbons (Fsp3) is 0.167. The van der Waals surface area contributed by atoms with E-state index in [1.165, 1.54) is 6.92 Å².